The second-order valence-corrected chi connectivity index (χ2v) is 13.9. The molecule has 0 fully saturated rings. The maximum absolute atomic E-state index is 6.68. The molecule has 9 aromatic carbocycles. The first-order valence-electron chi connectivity index (χ1n) is 18.5. The van der Waals surface area contributed by atoms with E-state index >= 15 is 0 Å². The molecule has 2 heterocycles. The number of hydrogen-bond donors (Lipinski definition) is 0. The normalized spacial score (nSPS) is 11.6. The van der Waals surface area contributed by atoms with E-state index < -0.39 is 0 Å². The molecular formula is C51H31N3O. The highest BCUT2D eigenvalue weighted by atomic mass is 16.3. The van der Waals surface area contributed by atoms with E-state index in [9.17, 15) is 0 Å². The minimum absolute atomic E-state index is 0.633. The van der Waals surface area contributed by atoms with Gasteiger partial charge in [-0.25, -0.2) is 15.0 Å². The molecule has 2 aromatic heterocycles. The van der Waals surface area contributed by atoms with Crippen molar-refractivity contribution in [2.45, 2.75) is 0 Å². The average molecular weight is 702 g/mol. The number of nitrogens with zero attached hydrogens (tertiary/aromatic N) is 3. The Hall–Kier alpha value is -7.43. The fraction of sp³-hybridized carbons (Fsp3) is 0. The van der Waals surface area contributed by atoms with E-state index in [1.165, 1.54) is 5.39 Å². The maximum Gasteiger partial charge on any atom is 0.164 e. The molecule has 0 aliphatic carbocycles. The van der Waals surface area contributed by atoms with Crippen LogP contribution in [0.2, 0.25) is 0 Å². The predicted octanol–water partition coefficient (Wildman–Crippen LogP) is 13.6. The minimum Gasteiger partial charge on any atom is -0.455 e. The molecule has 11 aromatic rings. The van der Waals surface area contributed by atoms with Crippen molar-refractivity contribution in [3.8, 4) is 56.4 Å². The highest BCUT2D eigenvalue weighted by Gasteiger charge is 2.21. The number of aromatic nitrogens is 3. The summed E-state index contributed by atoms with van der Waals surface area (Å²) in [6.07, 6.45) is 0. The Balaban J connectivity index is 1.15. The fourth-order valence-electron chi connectivity index (χ4n) is 8.13. The number of hydrogen-bond acceptors (Lipinski definition) is 4. The highest BCUT2D eigenvalue weighted by Crippen LogP contribution is 2.45. The molecule has 55 heavy (non-hydrogen) atoms. The number of rotatable bonds is 5. The molecule has 0 unspecified atom stereocenters. The molecule has 4 heteroatoms. The summed E-state index contributed by atoms with van der Waals surface area (Å²) in [5.41, 5.74) is 9.22. The molecule has 4 nitrogen and oxygen atoms in total. The Morgan fingerprint density at radius 3 is 1.65 bits per heavy atom. The van der Waals surface area contributed by atoms with Gasteiger partial charge in [0, 0.05) is 32.8 Å². The Morgan fingerprint density at radius 1 is 0.309 bits per heavy atom. The summed E-state index contributed by atoms with van der Waals surface area (Å²) in [6.45, 7) is 0. The van der Waals surface area contributed by atoms with Crippen LogP contribution in [0.5, 0.6) is 0 Å². The first-order chi connectivity index (χ1) is 27.3. The van der Waals surface area contributed by atoms with Gasteiger partial charge in [0.2, 0.25) is 0 Å². The summed E-state index contributed by atoms with van der Waals surface area (Å²) in [5, 5.41) is 8.95. The second kappa shape index (κ2) is 12.6. The summed E-state index contributed by atoms with van der Waals surface area (Å²) >= 11 is 0. The van der Waals surface area contributed by atoms with Gasteiger partial charge in [0.15, 0.2) is 17.5 Å². The zero-order valence-corrected chi connectivity index (χ0v) is 29.6. The molecule has 0 aliphatic rings. The van der Waals surface area contributed by atoms with Crippen LogP contribution in [0.4, 0.5) is 0 Å². The van der Waals surface area contributed by atoms with Gasteiger partial charge in [-0.05, 0) is 73.5 Å². The number of furan rings is 1. The zero-order valence-electron chi connectivity index (χ0n) is 29.6. The van der Waals surface area contributed by atoms with E-state index in [0.29, 0.717) is 17.5 Å². The van der Waals surface area contributed by atoms with E-state index in [1.807, 2.05) is 18.2 Å². The summed E-state index contributed by atoms with van der Waals surface area (Å²) in [7, 11) is 0. The summed E-state index contributed by atoms with van der Waals surface area (Å²) in [4.78, 5) is 15.3. The van der Waals surface area contributed by atoms with Crippen LogP contribution in [0.1, 0.15) is 0 Å². The van der Waals surface area contributed by atoms with Crippen LogP contribution in [0, 0.1) is 0 Å². The Bertz CT molecular complexity index is 3260. The topological polar surface area (TPSA) is 51.8 Å². The lowest BCUT2D eigenvalue weighted by atomic mass is 9.89. The molecule has 0 amide bonds. The van der Waals surface area contributed by atoms with E-state index in [2.05, 4.69) is 170 Å². The SMILES string of the molecule is c1ccc(-c2nc(-c3ccc4ccccc4c3)nc(-c3ccc(-c4cc5c(oc6cccc(-c7ccccc7)c65)c5ccccc45)c4ccccc34)n2)cc1. The van der Waals surface area contributed by atoms with E-state index in [-0.39, 0.29) is 0 Å². The van der Waals surface area contributed by atoms with Gasteiger partial charge in [0.25, 0.3) is 0 Å². The summed E-state index contributed by atoms with van der Waals surface area (Å²) in [5.74, 6) is 1.91. The van der Waals surface area contributed by atoms with Crippen molar-refractivity contribution in [3.63, 3.8) is 0 Å². The lowest BCUT2D eigenvalue weighted by molar-refractivity contribution is 0.673. The monoisotopic (exact) mass is 701 g/mol. The third-order valence-electron chi connectivity index (χ3n) is 10.7. The number of benzene rings is 9. The van der Waals surface area contributed by atoms with Gasteiger partial charge in [-0.2, -0.15) is 0 Å². The third-order valence-corrected chi connectivity index (χ3v) is 10.7. The highest BCUT2D eigenvalue weighted by molar-refractivity contribution is 6.23. The van der Waals surface area contributed by atoms with Crippen LogP contribution < -0.4 is 0 Å². The van der Waals surface area contributed by atoms with Crippen LogP contribution >= 0.6 is 0 Å². The summed E-state index contributed by atoms with van der Waals surface area (Å²) < 4.78 is 6.68. The molecule has 11 rings (SSSR count). The maximum atomic E-state index is 6.68. The van der Waals surface area contributed by atoms with Gasteiger partial charge in [-0.3, -0.25) is 0 Å². The summed E-state index contributed by atoms with van der Waals surface area (Å²) in [6, 6.07) is 65.7. The van der Waals surface area contributed by atoms with Crippen molar-refractivity contribution in [2.75, 3.05) is 0 Å². The van der Waals surface area contributed by atoms with Gasteiger partial charge < -0.3 is 4.42 Å². The smallest absolute Gasteiger partial charge is 0.164 e. The molecule has 0 bridgehead atoms. The van der Waals surface area contributed by atoms with Gasteiger partial charge in [0.1, 0.15) is 11.2 Å². The quantitative estimate of drug-likeness (QED) is 0.179. The van der Waals surface area contributed by atoms with E-state index in [4.69, 9.17) is 19.4 Å². The molecule has 0 saturated carbocycles. The van der Waals surface area contributed by atoms with Gasteiger partial charge in [-0.15, -0.1) is 0 Å². The molecule has 0 aliphatic heterocycles. The lowest BCUT2D eigenvalue weighted by Crippen LogP contribution is -2.01. The van der Waals surface area contributed by atoms with Gasteiger partial charge in [0.05, 0.1) is 0 Å². The Kier molecular flexibility index (Phi) is 7.14. The van der Waals surface area contributed by atoms with Crippen LogP contribution in [0.15, 0.2) is 192 Å². The third kappa shape index (κ3) is 5.19. The van der Waals surface area contributed by atoms with Crippen LogP contribution in [-0.4, -0.2) is 15.0 Å². The van der Waals surface area contributed by atoms with E-state index in [0.717, 1.165) is 87.8 Å². The Labute approximate surface area is 317 Å². The Morgan fingerprint density at radius 2 is 0.891 bits per heavy atom. The molecular weight excluding hydrogens is 671 g/mol. The predicted molar refractivity (Wildman–Crippen MR) is 227 cm³/mol. The fourth-order valence-corrected chi connectivity index (χ4v) is 8.13. The largest absolute Gasteiger partial charge is 0.455 e. The molecule has 0 N–H and O–H groups in total. The van der Waals surface area contributed by atoms with Gasteiger partial charge >= 0.3 is 0 Å². The lowest BCUT2D eigenvalue weighted by Gasteiger charge is -2.15. The van der Waals surface area contributed by atoms with Crippen molar-refractivity contribution >= 4 is 54.3 Å². The first-order valence-corrected chi connectivity index (χ1v) is 18.5. The van der Waals surface area contributed by atoms with Crippen molar-refractivity contribution < 1.29 is 4.42 Å². The van der Waals surface area contributed by atoms with Crippen molar-refractivity contribution in [3.05, 3.63) is 188 Å². The molecule has 0 spiro atoms. The standard InChI is InChI=1S/C51H31N3O/c1-3-15-33(16-4-1)37-24-13-25-46-47(37)45-31-44(40-22-11-12-23-42(40)48(45)55-46)41-28-29-43(39-21-10-9-20-38(39)41)51-53-49(34-17-5-2-6-18-34)52-50(54-51)36-27-26-32-14-7-8-19-35(32)30-36/h1-31H. The van der Waals surface area contributed by atoms with E-state index in [1.54, 1.807) is 0 Å². The van der Waals surface area contributed by atoms with Crippen molar-refractivity contribution in [1.82, 2.24) is 15.0 Å². The van der Waals surface area contributed by atoms with Crippen LogP contribution in [0.3, 0.4) is 0 Å². The molecule has 0 saturated heterocycles. The van der Waals surface area contributed by atoms with Gasteiger partial charge in [-0.1, -0.05) is 164 Å². The second-order valence-electron chi connectivity index (χ2n) is 13.9. The zero-order chi connectivity index (χ0) is 36.3. The van der Waals surface area contributed by atoms with Crippen molar-refractivity contribution in [1.29, 1.82) is 0 Å². The molecule has 0 atom stereocenters. The number of fused-ring (bicyclic) bond motifs is 7. The molecule has 0 radical (unpaired) electrons. The first kappa shape index (κ1) is 31.1. The van der Waals surface area contributed by atoms with Crippen LogP contribution in [-0.2, 0) is 0 Å². The molecule has 256 valence electrons. The van der Waals surface area contributed by atoms with Crippen molar-refractivity contribution in [2.24, 2.45) is 0 Å². The average Bonchev–Trinajstić information content (AvgIpc) is 3.65. The minimum atomic E-state index is 0.633. The van der Waals surface area contributed by atoms with Crippen LogP contribution in [0.25, 0.3) is 111 Å².